The van der Waals surface area contributed by atoms with E-state index in [2.05, 4.69) is 16.7 Å². The summed E-state index contributed by atoms with van der Waals surface area (Å²) in [5.41, 5.74) is 1.49. The summed E-state index contributed by atoms with van der Waals surface area (Å²) in [5.74, 6) is 1.59. The van der Waals surface area contributed by atoms with Gasteiger partial charge in [0.05, 0.1) is 12.1 Å². The van der Waals surface area contributed by atoms with E-state index in [4.69, 9.17) is 16.0 Å². The smallest absolute Gasteiger partial charge is 0.257 e. The van der Waals surface area contributed by atoms with Crippen LogP contribution in [0.15, 0.2) is 34.7 Å². The summed E-state index contributed by atoms with van der Waals surface area (Å²) < 4.78 is 5.87. The fourth-order valence-electron chi connectivity index (χ4n) is 5.05. The number of carbonyl (C=O) groups excluding carboxylic acids is 2. The number of aryl methyl sites for hydroxylation is 1. The van der Waals surface area contributed by atoms with E-state index >= 15 is 0 Å². The summed E-state index contributed by atoms with van der Waals surface area (Å²) in [4.78, 5) is 32.4. The highest BCUT2D eigenvalue weighted by molar-refractivity contribution is 6.30. The molecule has 2 fully saturated rings. The molecule has 0 N–H and O–H groups in total. The molecule has 6 nitrogen and oxygen atoms in total. The number of ketones is 1. The van der Waals surface area contributed by atoms with Crippen LogP contribution in [0.5, 0.6) is 0 Å². The van der Waals surface area contributed by atoms with Gasteiger partial charge in [0.25, 0.3) is 5.91 Å². The molecule has 1 saturated carbocycles. The van der Waals surface area contributed by atoms with E-state index in [1.54, 1.807) is 0 Å². The van der Waals surface area contributed by atoms with Crippen LogP contribution in [-0.4, -0.2) is 78.2 Å². The molecular weight excluding hydrogens is 462 g/mol. The summed E-state index contributed by atoms with van der Waals surface area (Å²) >= 11 is 5.98. The number of carbonyl (C=O) groups is 2. The first-order valence-corrected chi connectivity index (χ1v) is 13.5. The van der Waals surface area contributed by atoms with E-state index < -0.39 is 0 Å². The van der Waals surface area contributed by atoms with Crippen molar-refractivity contribution in [2.75, 3.05) is 45.8 Å². The second-order valence-corrected chi connectivity index (χ2v) is 10.4. The lowest BCUT2D eigenvalue weighted by atomic mass is 9.91. The first-order valence-electron chi connectivity index (χ1n) is 13.1. The van der Waals surface area contributed by atoms with E-state index in [1.807, 2.05) is 42.2 Å². The molecule has 0 spiro atoms. The number of furan rings is 1. The molecule has 1 aromatic heterocycles. The molecule has 190 valence electrons. The van der Waals surface area contributed by atoms with Crippen LogP contribution in [-0.2, 0) is 4.79 Å². The number of hydrogen-bond acceptors (Lipinski definition) is 5. The van der Waals surface area contributed by atoms with Gasteiger partial charge in [-0.05, 0) is 76.0 Å². The lowest BCUT2D eigenvalue weighted by molar-refractivity contribution is -0.120. The van der Waals surface area contributed by atoms with Gasteiger partial charge in [0.15, 0.2) is 0 Å². The van der Waals surface area contributed by atoms with Gasteiger partial charge in [0.2, 0.25) is 0 Å². The van der Waals surface area contributed by atoms with E-state index in [1.165, 1.54) is 25.7 Å². The Bertz CT molecular complexity index is 991. The Morgan fingerprint density at radius 1 is 1.09 bits per heavy atom. The molecule has 1 aliphatic carbocycles. The highest BCUT2D eigenvalue weighted by Gasteiger charge is 2.27. The zero-order valence-electron chi connectivity index (χ0n) is 21.1. The maximum Gasteiger partial charge on any atom is 0.257 e. The van der Waals surface area contributed by atoms with Crippen molar-refractivity contribution in [2.45, 2.75) is 58.4 Å². The molecule has 1 amide bonds. The lowest BCUT2D eigenvalue weighted by Gasteiger charge is -2.37. The summed E-state index contributed by atoms with van der Waals surface area (Å²) in [7, 11) is 0. The number of benzene rings is 1. The van der Waals surface area contributed by atoms with Gasteiger partial charge in [0, 0.05) is 49.2 Å². The fourth-order valence-corrected chi connectivity index (χ4v) is 5.18. The van der Waals surface area contributed by atoms with Crippen LogP contribution in [0.1, 0.15) is 61.6 Å². The van der Waals surface area contributed by atoms with E-state index in [0.29, 0.717) is 53.9 Å². The van der Waals surface area contributed by atoms with Crippen molar-refractivity contribution in [2.24, 2.45) is 0 Å². The van der Waals surface area contributed by atoms with Crippen molar-refractivity contribution in [1.29, 1.82) is 0 Å². The van der Waals surface area contributed by atoms with Gasteiger partial charge < -0.3 is 14.2 Å². The Hall–Kier alpha value is -2.15. The van der Waals surface area contributed by atoms with Crippen molar-refractivity contribution in [1.82, 2.24) is 14.7 Å². The molecule has 1 aromatic carbocycles. The largest absolute Gasteiger partial charge is 0.461 e. The Morgan fingerprint density at radius 2 is 1.80 bits per heavy atom. The van der Waals surface area contributed by atoms with Crippen LogP contribution >= 0.6 is 11.6 Å². The second-order valence-electron chi connectivity index (χ2n) is 9.92. The number of nitrogens with zero attached hydrogens (tertiary/aromatic N) is 3. The van der Waals surface area contributed by atoms with Crippen LogP contribution in [0.4, 0.5) is 0 Å². The molecule has 1 saturated heterocycles. The molecule has 4 rings (SSSR count). The summed E-state index contributed by atoms with van der Waals surface area (Å²) in [6.07, 6.45) is 6.75. The fraction of sp³-hybridized carbons (Fsp3) is 0.571. The molecule has 0 atom stereocenters. The van der Waals surface area contributed by atoms with Gasteiger partial charge >= 0.3 is 0 Å². The Morgan fingerprint density at radius 3 is 2.43 bits per heavy atom. The molecule has 0 radical (unpaired) electrons. The van der Waals surface area contributed by atoms with Gasteiger partial charge in [-0.2, -0.15) is 0 Å². The molecule has 1 aliphatic heterocycles. The third kappa shape index (κ3) is 6.75. The van der Waals surface area contributed by atoms with Gasteiger partial charge in [-0.25, -0.2) is 0 Å². The van der Waals surface area contributed by atoms with Crippen molar-refractivity contribution >= 4 is 23.3 Å². The number of Topliss-reactive ketones (excluding diaryl/α,β-unsaturated/α-hetero) is 1. The highest BCUT2D eigenvalue weighted by atomic mass is 35.5. The average molecular weight is 500 g/mol. The first-order chi connectivity index (χ1) is 16.9. The minimum atomic E-state index is -0.00977. The molecule has 0 bridgehead atoms. The number of halogens is 1. The van der Waals surface area contributed by atoms with Crippen LogP contribution in [0, 0.1) is 6.92 Å². The minimum absolute atomic E-state index is 0.00977. The SMILES string of the molecule is CCCN(CCCC(=O)CN1CCN(C(=O)c2cc(-c3ccc(Cl)cc3)oc2C)CC1)C1CCC1. The zero-order valence-corrected chi connectivity index (χ0v) is 21.9. The number of amides is 1. The van der Waals surface area contributed by atoms with Crippen LogP contribution in [0.25, 0.3) is 11.3 Å². The number of hydrogen-bond donors (Lipinski definition) is 0. The van der Waals surface area contributed by atoms with Gasteiger partial charge in [-0.15, -0.1) is 0 Å². The maximum atomic E-state index is 13.1. The molecule has 35 heavy (non-hydrogen) atoms. The normalized spacial score (nSPS) is 17.1. The standard InChI is InChI=1S/C28H38ClN3O3/c1-3-13-31(24-6-4-7-24)14-5-8-25(33)20-30-15-17-32(18-16-30)28(34)26-19-27(35-21(26)2)22-9-11-23(29)12-10-22/h9-12,19,24H,3-8,13-18,20H2,1-2H3. The van der Waals surface area contributed by atoms with Crippen molar-refractivity contribution in [3.63, 3.8) is 0 Å². The van der Waals surface area contributed by atoms with E-state index in [9.17, 15) is 9.59 Å². The van der Waals surface area contributed by atoms with Crippen molar-refractivity contribution in [3.05, 3.63) is 46.7 Å². The van der Waals surface area contributed by atoms with Crippen LogP contribution < -0.4 is 0 Å². The number of rotatable bonds is 11. The predicted molar refractivity (Wildman–Crippen MR) is 140 cm³/mol. The highest BCUT2D eigenvalue weighted by Crippen LogP contribution is 2.28. The number of piperazine rings is 1. The maximum absolute atomic E-state index is 13.1. The predicted octanol–water partition coefficient (Wildman–Crippen LogP) is 5.28. The van der Waals surface area contributed by atoms with Crippen LogP contribution in [0.2, 0.25) is 5.02 Å². The van der Waals surface area contributed by atoms with Crippen LogP contribution in [0.3, 0.4) is 0 Å². The molecule has 0 unspecified atom stereocenters. The van der Waals surface area contributed by atoms with Crippen molar-refractivity contribution in [3.8, 4) is 11.3 Å². The average Bonchev–Trinajstić information content (AvgIpc) is 3.20. The van der Waals surface area contributed by atoms with Gasteiger partial charge in [0.1, 0.15) is 17.3 Å². The molecular formula is C28H38ClN3O3. The second kappa shape index (κ2) is 12.2. The topological polar surface area (TPSA) is 57.0 Å². The molecule has 2 heterocycles. The van der Waals surface area contributed by atoms with Crippen molar-refractivity contribution < 1.29 is 14.0 Å². The van der Waals surface area contributed by atoms with E-state index in [0.717, 1.165) is 44.2 Å². The summed E-state index contributed by atoms with van der Waals surface area (Å²) in [6.45, 7) is 9.43. The third-order valence-electron chi connectivity index (χ3n) is 7.34. The summed E-state index contributed by atoms with van der Waals surface area (Å²) in [5, 5.41) is 0.664. The third-order valence-corrected chi connectivity index (χ3v) is 7.59. The molecule has 2 aromatic rings. The quantitative estimate of drug-likeness (QED) is 0.421. The Kier molecular flexibility index (Phi) is 9.04. The Labute approximate surface area is 214 Å². The lowest BCUT2D eigenvalue weighted by Crippen LogP contribution is -2.50. The van der Waals surface area contributed by atoms with E-state index in [-0.39, 0.29) is 5.91 Å². The van der Waals surface area contributed by atoms with Gasteiger partial charge in [-0.1, -0.05) is 24.9 Å². The monoisotopic (exact) mass is 499 g/mol. The summed E-state index contributed by atoms with van der Waals surface area (Å²) in [6, 6.07) is 9.97. The zero-order chi connectivity index (χ0) is 24.8. The van der Waals surface area contributed by atoms with Gasteiger partial charge in [-0.3, -0.25) is 14.5 Å². The molecule has 2 aliphatic rings. The first kappa shape index (κ1) is 25.9. The molecule has 7 heteroatoms. The minimum Gasteiger partial charge on any atom is -0.461 e. The Balaban J connectivity index is 1.21.